The molecule has 0 spiro atoms. The van der Waals surface area contributed by atoms with Crippen molar-refractivity contribution >= 4 is 23.0 Å². The van der Waals surface area contributed by atoms with E-state index in [9.17, 15) is 0 Å². The number of thiocarbonyl (C=S) groups is 1. The number of nitrogens with two attached hydrogens (primary N) is 1. The number of hydrogen-bond donors (Lipinski definition) is 1. The molecular formula is C13H16N4S. The molecule has 0 aliphatic carbocycles. The maximum atomic E-state index is 6.91. The summed E-state index contributed by atoms with van der Waals surface area (Å²) in [6.45, 7) is 11.6. The van der Waals surface area contributed by atoms with Crippen molar-refractivity contribution in [3.8, 4) is 0 Å². The Labute approximate surface area is 113 Å². The normalized spacial score (nSPS) is 16.3. The van der Waals surface area contributed by atoms with E-state index in [0.29, 0.717) is 10.8 Å². The zero-order valence-electron chi connectivity index (χ0n) is 10.2. The Morgan fingerprint density at radius 3 is 2.33 bits per heavy atom. The van der Waals surface area contributed by atoms with Gasteiger partial charge in [0, 0.05) is 32.7 Å². The third kappa shape index (κ3) is 3.19. The molecule has 1 aliphatic rings. The van der Waals surface area contributed by atoms with Crippen molar-refractivity contribution < 1.29 is 0 Å². The molecule has 0 bridgehead atoms. The van der Waals surface area contributed by atoms with Gasteiger partial charge in [-0.3, -0.25) is 4.90 Å². The summed E-state index contributed by atoms with van der Waals surface area (Å²) in [5, 5.41) is 0.496. The summed E-state index contributed by atoms with van der Waals surface area (Å²) < 4.78 is 0. The number of piperazine rings is 1. The maximum Gasteiger partial charge on any atom is 0.187 e. The highest BCUT2D eigenvalue weighted by Gasteiger charge is 2.17. The summed E-state index contributed by atoms with van der Waals surface area (Å²) in [5.74, 6) is 0. The summed E-state index contributed by atoms with van der Waals surface area (Å²) in [6, 6.07) is 7.78. The third-order valence-corrected chi connectivity index (χ3v) is 3.41. The number of rotatable bonds is 2. The zero-order valence-corrected chi connectivity index (χ0v) is 11.0. The molecule has 1 heterocycles. The Morgan fingerprint density at radius 1 is 1.22 bits per heavy atom. The molecule has 0 unspecified atom stereocenters. The molecular weight excluding hydrogens is 244 g/mol. The van der Waals surface area contributed by atoms with Gasteiger partial charge in [0.15, 0.2) is 10.8 Å². The van der Waals surface area contributed by atoms with Crippen LogP contribution in [-0.4, -0.2) is 41.1 Å². The molecule has 0 aromatic heterocycles. The van der Waals surface area contributed by atoms with Gasteiger partial charge >= 0.3 is 0 Å². The average Bonchev–Trinajstić information content (AvgIpc) is 2.40. The molecule has 5 heteroatoms. The molecule has 94 valence electrons. The van der Waals surface area contributed by atoms with Crippen LogP contribution in [0.1, 0.15) is 5.56 Å². The number of benzene rings is 1. The fourth-order valence-corrected chi connectivity index (χ4v) is 2.24. The quantitative estimate of drug-likeness (QED) is 0.647. The second kappa shape index (κ2) is 5.80. The van der Waals surface area contributed by atoms with Crippen LogP contribution in [0.25, 0.3) is 4.85 Å². The Kier molecular flexibility index (Phi) is 4.13. The van der Waals surface area contributed by atoms with Crippen LogP contribution in [0.2, 0.25) is 0 Å². The van der Waals surface area contributed by atoms with Gasteiger partial charge < -0.3 is 10.6 Å². The molecule has 2 rings (SSSR count). The third-order valence-electron chi connectivity index (χ3n) is 3.16. The van der Waals surface area contributed by atoms with E-state index in [-0.39, 0.29) is 0 Å². The Balaban J connectivity index is 1.87. The van der Waals surface area contributed by atoms with Gasteiger partial charge in [0.2, 0.25) is 0 Å². The first kappa shape index (κ1) is 12.8. The van der Waals surface area contributed by atoms with Crippen LogP contribution in [0.15, 0.2) is 24.3 Å². The smallest absolute Gasteiger partial charge is 0.187 e. The lowest BCUT2D eigenvalue weighted by atomic mass is 10.2. The van der Waals surface area contributed by atoms with Gasteiger partial charge in [-0.2, -0.15) is 0 Å². The lowest BCUT2D eigenvalue weighted by molar-refractivity contribution is 0.176. The summed E-state index contributed by atoms with van der Waals surface area (Å²) in [6.07, 6.45) is 0. The minimum atomic E-state index is 0.496. The topological polar surface area (TPSA) is 36.9 Å². The molecule has 0 atom stereocenters. The molecule has 1 aromatic rings. The molecule has 0 amide bonds. The van der Waals surface area contributed by atoms with Gasteiger partial charge in [0.25, 0.3) is 0 Å². The molecule has 4 nitrogen and oxygen atoms in total. The van der Waals surface area contributed by atoms with Crippen LogP contribution >= 0.6 is 12.2 Å². The standard InChI is InChI=1S/C13H16N4S/c1-15-12-4-2-11(3-5-12)10-16-6-8-17(9-7-16)13(14)18/h2-5H,6-10H2,(H2,14,18). The SMILES string of the molecule is [C-]#[N+]c1ccc(CN2CCN(C(N)=S)CC2)cc1. The summed E-state index contributed by atoms with van der Waals surface area (Å²) in [5.41, 5.74) is 7.54. The number of nitrogens with zero attached hydrogens (tertiary/aromatic N) is 3. The fourth-order valence-electron chi connectivity index (χ4n) is 2.06. The second-order valence-electron chi connectivity index (χ2n) is 4.38. The first-order chi connectivity index (χ1) is 8.69. The predicted molar refractivity (Wildman–Crippen MR) is 76.3 cm³/mol. The van der Waals surface area contributed by atoms with Gasteiger partial charge in [-0.05, 0) is 17.8 Å². The average molecular weight is 260 g/mol. The summed E-state index contributed by atoms with van der Waals surface area (Å²) >= 11 is 4.97. The molecule has 1 aliphatic heterocycles. The van der Waals surface area contributed by atoms with E-state index >= 15 is 0 Å². The van der Waals surface area contributed by atoms with E-state index < -0.39 is 0 Å². The van der Waals surface area contributed by atoms with Crippen LogP contribution in [-0.2, 0) is 6.54 Å². The molecule has 1 saturated heterocycles. The molecule has 2 N–H and O–H groups in total. The van der Waals surface area contributed by atoms with Crippen LogP contribution in [0.5, 0.6) is 0 Å². The van der Waals surface area contributed by atoms with E-state index in [4.69, 9.17) is 24.5 Å². The molecule has 1 aromatic carbocycles. The van der Waals surface area contributed by atoms with Crippen molar-refractivity contribution in [1.82, 2.24) is 9.80 Å². The summed E-state index contributed by atoms with van der Waals surface area (Å²) in [4.78, 5) is 7.80. The monoisotopic (exact) mass is 260 g/mol. The van der Waals surface area contributed by atoms with Gasteiger partial charge in [-0.15, -0.1) is 0 Å². The van der Waals surface area contributed by atoms with Crippen LogP contribution < -0.4 is 5.73 Å². The minimum absolute atomic E-state index is 0.496. The van der Waals surface area contributed by atoms with Crippen molar-refractivity contribution in [2.24, 2.45) is 5.73 Å². The van der Waals surface area contributed by atoms with E-state index in [1.807, 2.05) is 29.2 Å². The van der Waals surface area contributed by atoms with Crippen molar-refractivity contribution in [1.29, 1.82) is 0 Å². The van der Waals surface area contributed by atoms with E-state index in [2.05, 4.69) is 9.74 Å². The first-order valence-corrected chi connectivity index (χ1v) is 6.33. The zero-order chi connectivity index (χ0) is 13.0. The molecule has 1 fully saturated rings. The Morgan fingerprint density at radius 2 is 1.83 bits per heavy atom. The van der Waals surface area contributed by atoms with Crippen molar-refractivity contribution in [3.05, 3.63) is 41.2 Å². The Hall–Kier alpha value is -1.64. The minimum Gasteiger partial charge on any atom is -0.376 e. The second-order valence-corrected chi connectivity index (χ2v) is 4.80. The number of hydrogen-bond acceptors (Lipinski definition) is 2. The largest absolute Gasteiger partial charge is 0.376 e. The van der Waals surface area contributed by atoms with Gasteiger partial charge in [0.1, 0.15) is 0 Å². The van der Waals surface area contributed by atoms with Gasteiger partial charge in [-0.1, -0.05) is 24.3 Å². The fraction of sp³-hybridized carbons (Fsp3) is 0.385. The van der Waals surface area contributed by atoms with E-state index in [1.54, 1.807) is 0 Å². The van der Waals surface area contributed by atoms with Crippen LogP contribution in [0.4, 0.5) is 5.69 Å². The highest BCUT2D eigenvalue weighted by atomic mass is 32.1. The van der Waals surface area contributed by atoms with Crippen molar-refractivity contribution in [2.45, 2.75) is 6.54 Å². The van der Waals surface area contributed by atoms with Crippen molar-refractivity contribution in [3.63, 3.8) is 0 Å². The van der Waals surface area contributed by atoms with Gasteiger partial charge in [-0.25, -0.2) is 4.85 Å². The van der Waals surface area contributed by atoms with Crippen LogP contribution in [0, 0.1) is 6.57 Å². The van der Waals surface area contributed by atoms with Crippen molar-refractivity contribution in [2.75, 3.05) is 26.2 Å². The van der Waals surface area contributed by atoms with Gasteiger partial charge in [0.05, 0.1) is 6.57 Å². The predicted octanol–water partition coefficient (Wildman–Crippen LogP) is 1.60. The molecule has 18 heavy (non-hydrogen) atoms. The highest BCUT2D eigenvalue weighted by Crippen LogP contribution is 2.14. The lowest BCUT2D eigenvalue weighted by Gasteiger charge is -2.35. The van der Waals surface area contributed by atoms with E-state index in [1.165, 1.54) is 5.56 Å². The van der Waals surface area contributed by atoms with E-state index in [0.717, 1.165) is 32.7 Å². The van der Waals surface area contributed by atoms with Crippen LogP contribution in [0.3, 0.4) is 0 Å². The maximum absolute atomic E-state index is 6.91. The highest BCUT2D eigenvalue weighted by molar-refractivity contribution is 7.80. The summed E-state index contributed by atoms with van der Waals surface area (Å²) in [7, 11) is 0. The first-order valence-electron chi connectivity index (χ1n) is 5.92. The lowest BCUT2D eigenvalue weighted by Crippen LogP contribution is -2.49. The molecule has 0 saturated carbocycles. The Bertz CT molecular complexity index is 455. The molecule has 0 radical (unpaired) electrons.